The van der Waals surface area contributed by atoms with Crippen LogP contribution < -0.4 is 19.5 Å². The molecule has 5 heteroatoms. The fourth-order valence-electron chi connectivity index (χ4n) is 3.40. The van der Waals surface area contributed by atoms with Crippen LogP contribution in [0.4, 0.5) is 0 Å². The van der Waals surface area contributed by atoms with Gasteiger partial charge in [-0.3, -0.25) is 0 Å². The summed E-state index contributed by atoms with van der Waals surface area (Å²) >= 11 is 6.39. The van der Waals surface area contributed by atoms with Crippen molar-refractivity contribution in [3.8, 4) is 17.2 Å². The molecule has 0 heterocycles. The summed E-state index contributed by atoms with van der Waals surface area (Å²) in [4.78, 5) is 0. The maximum absolute atomic E-state index is 6.39. The molecule has 1 N–H and O–H groups in total. The van der Waals surface area contributed by atoms with Gasteiger partial charge >= 0.3 is 0 Å². The summed E-state index contributed by atoms with van der Waals surface area (Å²) in [5.41, 5.74) is 2.12. The zero-order valence-corrected chi connectivity index (χ0v) is 19.4. The summed E-state index contributed by atoms with van der Waals surface area (Å²) in [6.45, 7) is 4.36. The van der Waals surface area contributed by atoms with Gasteiger partial charge in [0.1, 0.15) is 5.75 Å². The summed E-state index contributed by atoms with van der Waals surface area (Å²) in [6, 6.07) is 11.9. The molecular weight excluding hydrogens is 398 g/mol. The number of para-hydroxylation sites is 1. The van der Waals surface area contributed by atoms with E-state index in [1.165, 1.54) is 38.5 Å². The van der Waals surface area contributed by atoms with Gasteiger partial charge in [0, 0.05) is 29.7 Å². The first-order chi connectivity index (χ1) is 14.7. The van der Waals surface area contributed by atoms with Gasteiger partial charge in [-0.05, 0) is 24.1 Å². The van der Waals surface area contributed by atoms with Crippen molar-refractivity contribution in [1.82, 2.24) is 5.32 Å². The molecule has 0 unspecified atom stereocenters. The lowest BCUT2D eigenvalue weighted by Gasteiger charge is -2.14. The van der Waals surface area contributed by atoms with Gasteiger partial charge in [-0.1, -0.05) is 75.2 Å². The fourth-order valence-corrected chi connectivity index (χ4v) is 3.62. The van der Waals surface area contributed by atoms with E-state index in [1.54, 1.807) is 20.3 Å². The molecule has 0 amide bonds. The molecule has 0 aliphatic rings. The van der Waals surface area contributed by atoms with Crippen molar-refractivity contribution >= 4 is 11.6 Å². The van der Waals surface area contributed by atoms with Crippen LogP contribution in [0.5, 0.6) is 17.2 Å². The molecule has 30 heavy (non-hydrogen) atoms. The number of benzene rings is 2. The maximum Gasteiger partial charge on any atom is 0.162 e. The summed E-state index contributed by atoms with van der Waals surface area (Å²) in [5, 5.41) is 4.11. The zero-order valence-electron chi connectivity index (χ0n) is 18.6. The molecule has 2 rings (SSSR count). The van der Waals surface area contributed by atoms with E-state index in [9.17, 15) is 0 Å². The molecule has 0 aliphatic carbocycles. The van der Waals surface area contributed by atoms with Gasteiger partial charge in [0.15, 0.2) is 11.5 Å². The van der Waals surface area contributed by atoms with E-state index in [-0.39, 0.29) is 0 Å². The number of methoxy groups -OCH3 is 2. The van der Waals surface area contributed by atoms with Crippen molar-refractivity contribution in [3.63, 3.8) is 0 Å². The summed E-state index contributed by atoms with van der Waals surface area (Å²) in [5.74, 6) is 2.27. The second kappa shape index (κ2) is 14.2. The molecule has 4 nitrogen and oxygen atoms in total. The third-order valence-electron chi connectivity index (χ3n) is 5.16. The monoisotopic (exact) mass is 433 g/mol. The van der Waals surface area contributed by atoms with Gasteiger partial charge in [0.05, 0.1) is 20.8 Å². The molecule has 0 aliphatic heterocycles. The molecule has 0 atom stereocenters. The number of nitrogens with one attached hydrogen (secondary N) is 1. The van der Waals surface area contributed by atoms with Gasteiger partial charge in [-0.2, -0.15) is 0 Å². The zero-order chi connectivity index (χ0) is 21.6. The second-order valence-electron chi connectivity index (χ2n) is 7.48. The van der Waals surface area contributed by atoms with Crippen molar-refractivity contribution in [2.75, 3.05) is 20.8 Å². The lowest BCUT2D eigenvalue weighted by atomic mass is 10.1. The van der Waals surface area contributed by atoms with Crippen LogP contribution in [0.2, 0.25) is 5.02 Å². The number of rotatable bonds is 15. The van der Waals surface area contributed by atoms with Crippen LogP contribution >= 0.6 is 11.6 Å². The van der Waals surface area contributed by atoms with Crippen molar-refractivity contribution in [2.45, 2.75) is 65.0 Å². The van der Waals surface area contributed by atoms with Crippen LogP contribution in [0, 0.1) is 0 Å². The van der Waals surface area contributed by atoms with E-state index in [2.05, 4.69) is 18.3 Å². The second-order valence-corrected chi connectivity index (χ2v) is 7.89. The number of unbranched alkanes of at least 4 members (excludes halogenated alkanes) is 6. The number of hydrogen-bond acceptors (Lipinski definition) is 4. The van der Waals surface area contributed by atoms with Crippen LogP contribution in [0.25, 0.3) is 0 Å². The highest BCUT2D eigenvalue weighted by Crippen LogP contribution is 2.33. The lowest BCUT2D eigenvalue weighted by Crippen LogP contribution is -2.14. The molecule has 0 bridgehead atoms. The summed E-state index contributed by atoms with van der Waals surface area (Å²) in [6.07, 6.45) is 9.00. The summed E-state index contributed by atoms with van der Waals surface area (Å²) < 4.78 is 16.7. The van der Waals surface area contributed by atoms with Crippen molar-refractivity contribution < 1.29 is 14.2 Å². The van der Waals surface area contributed by atoms with E-state index in [0.29, 0.717) is 29.6 Å². The van der Waals surface area contributed by atoms with E-state index in [4.69, 9.17) is 25.8 Å². The molecule has 0 aromatic heterocycles. The first kappa shape index (κ1) is 24.4. The minimum atomic E-state index is 0.630. The van der Waals surface area contributed by atoms with Crippen LogP contribution in [0.1, 0.15) is 63.0 Å². The Hall–Kier alpha value is -1.91. The summed E-state index contributed by atoms with van der Waals surface area (Å²) in [7, 11) is 3.23. The van der Waals surface area contributed by atoms with E-state index >= 15 is 0 Å². The van der Waals surface area contributed by atoms with Gasteiger partial charge < -0.3 is 19.5 Å². The van der Waals surface area contributed by atoms with Crippen LogP contribution in [-0.2, 0) is 13.1 Å². The predicted octanol–water partition coefficient (Wildman–Crippen LogP) is 6.78. The number of halogens is 1. The standard InChI is InChI=1S/C25H36ClNO3/c1-4-5-6-7-8-9-12-15-30-23-14-11-10-13-20(23)18-27-19-21-16-24(28-2)25(29-3)17-22(21)26/h10-11,13-14,16-17,27H,4-9,12,15,18-19H2,1-3H3. The average molecular weight is 434 g/mol. The lowest BCUT2D eigenvalue weighted by molar-refractivity contribution is 0.300. The van der Waals surface area contributed by atoms with Gasteiger partial charge in [-0.25, -0.2) is 0 Å². The topological polar surface area (TPSA) is 39.7 Å². The first-order valence-corrected chi connectivity index (χ1v) is 11.4. The fraction of sp³-hybridized carbons (Fsp3) is 0.520. The van der Waals surface area contributed by atoms with E-state index in [0.717, 1.165) is 29.9 Å². The van der Waals surface area contributed by atoms with E-state index in [1.807, 2.05) is 24.3 Å². The SMILES string of the molecule is CCCCCCCCCOc1ccccc1CNCc1cc(OC)c(OC)cc1Cl. The molecule has 0 spiro atoms. The molecule has 0 radical (unpaired) electrons. The Morgan fingerprint density at radius 3 is 2.13 bits per heavy atom. The quantitative estimate of drug-likeness (QED) is 0.314. The Morgan fingerprint density at radius 1 is 0.767 bits per heavy atom. The molecular formula is C25H36ClNO3. The normalized spacial score (nSPS) is 10.8. The highest BCUT2D eigenvalue weighted by Gasteiger charge is 2.10. The minimum Gasteiger partial charge on any atom is -0.493 e. The highest BCUT2D eigenvalue weighted by molar-refractivity contribution is 6.31. The molecule has 2 aromatic rings. The number of hydrogen-bond donors (Lipinski definition) is 1. The molecule has 0 fully saturated rings. The third-order valence-corrected chi connectivity index (χ3v) is 5.51. The van der Waals surface area contributed by atoms with E-state index < -0.39 is 0 Å². The van der Waals surface area contributed by atoms with Gasteiger partial charge in [0.25, 0.3) is 0 Å². The maximum atomic E-state index is 6.39. The van der Waals surface area contributed by atoms with Crippen LogP contribution in [0.3, 0.4) is 0 Å². The van der Waals surface area contributed by atoms with Crippen molar-refractivity contribution in [2.24, 2.45) is 0 Å². The molecule has 0 saturated heterocycles. The smallest absolute Gasteiger partial charge is 0.162 e. The Bertz CT molecular complexity index is 751. The van der Waals surface area contributed by atoms with Crippen LogP contribution in [0.15, 0.2) is 36.4 Å². The predicted molar refractivity (Wildman–Crippen MR) is 125 cm³/mol. The van der Waals surface area contributed by atoms with Gasteiger partial charge in [-0.15, -0.1) is 0 Å². The van der Waals surface area contributed by atoms with Gasteiger partial charge in [0.2, 0.25) is 0 Å². The number of ether oxygens (including phenoxy) is 3. The van der Waals surface area contributed by atoms with Crippen molar-refractivity contribution in [3.05, 3.63) is 52.5 Å². The Balaban J connectivity index is 1.80. The Kier molecular flexibility index (Phi) is 11.5. The first-order valence-electron chi connectivity index (χ1n) is 11.0. The average Bonchev–Trinajstić information content (AvgIpc) is 2.77. The molecule has 0 saturated carbocycles. The Labute approximate surface area is 186 Å². The largest absolute Gasteiger partial charge is 0.493 e. The minimum absolute atomic E-state index is 0.630. The molecule has 2 aromatic carbocycles. The molecule has 166 valence electrons. The Morgan fingerprint density at radius 2 is 1.40 bits per heavy atom. The van der Waals surface area contributed by atoms with Crippen LogP contribution in [-0.4, -0.2) is 20.8 Å². The third kappa shape index (κ3) is 8.08. The highest BCUT2D eigenvalue weighted by atomic mass is 35.5. The van der Waals surface area contributed by atoms with Crippen molar-refractivity contribution in [1.29, 1.82) is 0 Å².